The molecule has 0 unspecified atom stereocenters. The summed E-state index contributed by atoms with van der Waals surface area (Å²) in [7, 11) is 3.58. The van der Waals surface area contributed by atoms with Crippen molar-refractivity contribution in [1.82, 2.24) is 14.3 Å². The van der Waals surface area contributed by atoms with Crippen LogP contribution in [0, 0.1) is 0 Å². The highest BCUT2D eigenvalue weighted by Crippen LogP contribution is 2.39. The molecule has 3 aromatic carbocycles. The molecule has 212 valence electrons. The largest absolute Gasteiger partial charge is 0.493 e. The Hall–Kier alpha value is -4.14. The lowest BCUT2D eigenvalue weighted by atomic mass is 9.98. The molecular formula is C33H35N3O5. The van der Waals surface area contributed by atoms with E-state index in [0.717, 1.165) is 68.3 Å². The second kappa shape index (κ2) is 11.8. The summed E-state index contributed by atoms with van der Waals surface area (Å²) in [5, 5.41) is 18.4. The molecule has 0 aliphatic carbocycles. The Morgan fingerprint density at radius 3 is 2.71 bits per heavy atom. The lowest BCUT2D eigenvalue weighted by Gasteiger charge is -2.12. The standard InChI is InChI=1S/C33H35N3O5/c1-35-28-21-40-18-6-5-17-36-31-24(13-8-14-26(31)30(28)27(34-35)20-39-2)25(32(36)33(37)38)15-9-19-41-29-16-7-11-22-10-3-4-12-23(22)29/h3-4,7-8,10-14,16H,5-6,9,15,17-21H2,1-2H3,(H,37,38). The molecule has 41 heavy (non-hydrogen) atoms. The van der Waals surface area contributed by atoms with Gasteiger partial charge >= 0.3 is 5.97 Å². The van der Waals surface area contributed by atoms with E-state index >= 15 is 0 Å². The number of methoxy groups -OCH3 is 1. The van der Waals surface area contributed by atoms with Crippen LogP contribution in [-0.4, -0.2) is 45.7 Å². The first-order chi connectivity index (χ1) is 20.1. The van der Waals surface area contributed by atoms with Gasteiger partial charge in [0, 0.05) is 49.2 Å². The number of benzene rings is 3. The zero-order valence-corrected chi connectivity index (χ0v) is 23.6. The van der Waals surface area contributed by atoms with Gasteiger partial charge in [0.15, 0.2) is 0 Å². The van der Waals surface area contributed by atoms with Crippen LogP contribution >= 0.6 is 0 Å². The Balaban J connectivity index is 1.41. The van der Waals surface area contributed by atoms with Crippen LogP contribution in [-0.2, 0) is 42.7 Å². The van der Waals surface area contributed by atoms with Crippen molar-refractivity contribution in [3.8, 4) is 16.9 Å². The summed E-state index contributed by atoms with van der Waals surface area (Å²) >= 11 is 0. The highest BCUT2D eigenvalue weighted by Gasteiger charge is 2.27. The van der Waals surface area contributed by atoms with Gasteiger partial charge < -0.3 is 23.9 Å². The summed E-state index contributed by atoms with van der Waals surface area (Å²) in [6.45, 7) is 2.47. The summed E-state index contributed by atoms with van der Waals surface area (Å²) in [6.07, 6.45) is 2.94. The summed E-state index contributed by atoms with van der Waals surface area (Å²) in [5.74, 6) is -0.0653. The van der Waals surface area contributed by atoms with Crippen LogP contribution in [0.2, 0.25) is 0 Å². The number of para-hydroxylation sites is 1. The van der Waals surface area contributed by atoms with E-state index < -0.39 is 5.97 Å². The van der Waals surface area contributed by atoms with Crippen molar-refractivity contribution in [3.05, 3.63) is 83.3 Å². The third-order valence-corrected chi connectivity index (χ3v) is 7.92. The second-order valence-corrected chi connectivity index (χ2v) is 10.5. The van der Waals surface area contributed by atoms with E-state index in [2.05, 4.69) is 24.3 Å². The van der Waals surface area contributed by atoms with Crippen molar-refractivity contribution in [2.45, 2.75) is 45.4 Å². The van der Waals surface area contributed by atoms with E-state index in [-0.39, 0.29) is 0 Å². The number of carboxylic acid groups (broad SMARTS) is 1. The van der Waals surface area contributed by atoms with Crippen molar-refractivity contribution < 1.29 is 24.1 Å². The van der Waals surface area contributed by atoms with Gasteiger partial charge in [-0.25, -0.2) is 4.79 Å². The Kier molecular flexibility index (Phi) is 7.76. The zero-order valence-electron chi connectivity index (χ0n) is 23.6. The second-order valence-electron chi connectivity index (χ2n) is 10.5. The number of hydrogen-bond donors (Lipinski definition) is 1. The third-order valence-electron chi connectivity index (χ3n) is 7.92. The monoisotopic (exact) mass is 553 g/mol. The first-order valence-corrected chi connectivity index (χ1v) is 14.2. The van der Waals surface area contributed by atoms with Gasteiger partial charge in [0.1, 0.15) is 11.4 Å². The van der Waals surface area contributed by atoms with E-state index in [9.17, 15) is 9.90 Å². The Labute approximate surface area is 239 Å². The number of hydrogen-bond acceptors (Lipinski definition) is 5. The number of carboxylic acids is 1. The van der Waals surface area contributed by atoms with Crippen LogP contribution < -0.4 is 4.74 Å². The predicted molar refractivity (Wildman–Crippen MR) is 158 cm³/mol. The van der Waals surface area contributed by atoms with Crippen LogP contribution in [0.25, 0.3) is 32.8 Å². The van der Waals surface area contributed by atoms with E-state index in [4.69, 9.17) is 19.3 Å². The van der Waals surface area contributed by atoms with E-state index in [1.165, 1.54) is 0 Å². The quantitative estimate of drug-likeness (QED) is 0.225. The molecule has 0 spiro atoms. The van der Waals surface area contributed by atoms with E-state index in [1.807, 2.05) is 52.7 Å². The van der Waals surface area contributed by atoms with Gasteiger partial charge in [-0.3, -0.25) is 4.68 Å². The molecule has 8 heteroatoms. The van der Waals surface area contributed by atoms with Crippen LogP contribution in [0.3, 0.4) is 0 Å². The molecule has 6 rings (SSSR count). The van der Waals surface area contributed by atoms with Gasteiger partial charge in [0.2, 0.25) is 0 Å². The van der Waals surface area contributed by atoms with Crippen molar-refractivity contribution >= 4 is 27.6 Å². The number of rotatable bonds is 8. The number of aromatic nitrogens is 3. The molecule has 8 nitrogen and oxygen atoms in total. The minimum Gasteiger partial charge on any atom is -0.493 e. The molecule has 1 aliphatic heterocycles. The van der Waals surface area contributed by atoms with Crippen LogP contribution in [0.4, 0.5) is 0 Å². The highest BCUT2D eigenvalue weighted by molar-refractivity contribution is 6.04. The topological polar surface area (TPSA) is 87.7 Å². The molecule has 2 aromatic heterocycles. The molecule has 0 bridgehead atoms. The fourth-order valence-electron chi connectivity index (χ4n) is 6.13. The summed E-state index contributed by atoms with van der Waals surface area (Å²) in [4.78, 5) is 12.8. The number of ether oxygens (including phenoxy) is 3. The molecular weight excluding hydrogens is 518 g/mol. The number of carbonyl (C=O) groups is 1. The predicted octanol–water partition coefficient (Wildman–Crippen LogP) is 6.36. The van der Waals surface area contributed by atoms with Gasteiger partial charge in [-0.2, -0.15) is 5.10 Å². The first-order valence-electron chi connectivity index (χ1n) is 14.2. The first kappa shape index (κ1) is 27.1. The number of fused-ring (bicyclic) bond motifs is 3. The third kappa shape index (κ3) is 5.09. The minimum absolute atomic E-state index is 0.352. The summed E-state index contributed by atoms with van der Waals surface area (Å²) in [5.41, 5.74) is 5.84. The zero-order chi connectivity index (χ0) is 28.3. The Morgan fingerprint density at radius 2 is 1.85 bits per heavy atom. The molecule has 0 fully saturated rings. The maximum atomic E-state index is 12.8. The van der Waals surface area contributed by atoms with Crippen LogP contribution in [0.15, 0.2) is 60.7 Å². The molecule has 3 heterocycles. The van der Waals surface area contributed by atoms with Crippen molar-refractivity contribution in [1.29, 1.82) is 0 Å². The molecule has 0 amide bonds. The maximum Gasteiger partial charge on any atom is 0.352 e. The molecule has 0 radical (unpaired) electrons. The van der Waals surface area contributed by atoms with Gasteiger partial charge in [-0.15, -0.1) is 0 Å². The average molecular weight is 554 g/mol. The van der Waals surface area contributed by atoms with Gasteiger partial charge in [-0.05, 0) is 42.7 Å². The van der Waals surface area contributed by atoms with Crippen molar-refractivity contribution in [3.63, 3.8) is 0 Å². The number of aromatic carboxylic acids is 1. The fraction of sp³-hybridized carbons (Fsp3) is 0.333. The summed E-state index contributed by atoms with van der Waals surface area (Å²) < 4.78 is 21.6. The molecule has 1 aliphatic rings. The van der Waals surface area contributed by atoms with Crippen LogP contribution in [0.5, 0.6) is 5.75 Å². The maximum absolute atomic E-state index is 12.8. The number of nitrogens with zero attached hydrogens (tertiary/aromatic N) is 3. The number of aryl methyl sites for hydroxylation is 3. The van der Waals surface area contributed by atoms with Gasteiger partial charge in [0.05, 0.1) is 36.7 Å². The summed E-state index contributed by atoms with van der Waals surface area (Å²) in [6, 6.07) is 20.4. The molecule has 1 N–H and O–H groups in total. The Morgan fingerprint density at radius 1 is 1.05 bits per heavy atom. The lowest BCUT2D eigenvalue weighted by molar-refractivity contribution is 0.0683. The molecule has 0 saturated carbocycles. The smallest absolute Gasteiger partial charge is 0.352 e. The SMILES string of the molecule is COCc1nn(C)c2c1-c1cccc3c(CCCOc4cccc5ccccc45)c(C(=O)O)n(c13)CCCCOC2. The van der Waals surface area contributed by atoms with E-state index in [0.29, 0.717) is 51.5 Å². The van der Waals surface area contributed by atoms with E-state index in [1.54, 1.807) is 7.11 Å². The lowest BCUT2D eigenvalue weighted by Crippen LogP contribution is -2.12. The molecule has 0 atom stereocenters. The minimum atomic E-state index is -0.910. The van der Waals surface area contributed by atoms with Crippen molar-refractivity contribution in [2.75, 3.05) is 20.3 Å². The Bertz CT molecular complexity index is 1710. The van der Waals surface area contributed by atoms with Gasteiger partial charge in [-0.1, -0.05) is 54.6 Å². The van der Waals surface area contributed by atoms with Crippen molar-refractivity contribution in [2.24, 2.45) is 7.05 Å². The van der Waals surface area contributed by atoms with Gasteiger partial charge in [0.25, 0.3) is 0 Å². The normalized spacial score (nSPS) is 13.7. The molecule has 0 saturated heterocycles. The van der Waals surface area contributed by atoms with Crippen LogP contribution in [0.1, 0.15) is 46.7 Å². The highest BCUT2D eigenvalue weighted by atomic mass is 16.5. The molecule has 5 aromatic rings. The average Bonchev–Trinajstić information content (AvgIpc) is 3.45. The fourth-order valence-corrected chi connectivity index (χ4v) is 6.13.